The largest absolute Gasteiger partial charge is 0.445 e. The Hall–Kier alpha value is -1.58. The molecule has 1 heterocycles. The highest BCUT2D eigenvalue weighted by Crippen LogP contribution is 2.50. The van der Waals surface area contributed by atoms with Crippen LogP contribution in [-0.4, -0.2) is 12.3 Å². The number of ether oxygens (including phenoxy) is 1. The van der Waals surface area contributed by atoms with E-state index in [0.29, 0.717) is 0 Å². The molecule has 1 aliphatic heterocycles. The van der Waals surface area contributed by atoms with Gasteiger partial charge in [0.05, 0.1) is 10.7 Å². The van der Waals surface area contributed by atoms with Gasteiger partial charge in [-0.15, -0.1) is 0 Å². The van der Waals surface area contributed by atoms with Crippen molar-refractivity contribution in [3.8, 4) is 11.8 Å². The number of amides is 1. The number of alkyl halides is 3. The summed E-state index contributed by atoms with van der Waals surface area (Å²) in [6, 6.07) is 2.29. The number of carbonyl (C=O) groups excluding carboxylic acids is 1. The average Bonchev–Trinajstić information content (AvgIpc) is 3.20. The van der Waals surface area contributed by atoms with Gasteiger partial charge in [0, 0.05) is 16.5 Å². The maximum atomic E-state index is 13.7. The third kappa shape index (κ3) is 2.49. The van der Waals surface area contributed by atoms with Gasteiger partial charge in [-0.2, -0.15) is 13.2 Å². The van der Waals surface area contributed by atoms with Gasteiger partial charge in [0.1, 0.15) is 0 Å². The Balaban J connectivity index is 2.27. The number of benzene rings is 1. The Kier molecular flexibility index (Phi) is 3.46. The van der Waals surface area contributed by atoms with Gasteiger partial charge in [0.15, 0.2) is 0 Å². The maximum absolute atomic E-state index is 13.7. The van der Waals surface area contributed by atoms with E-state index in [0.717, 1.165) is 18.9 Å². The second-order valence-corrected chi connectivity index (χ2v) is 5.89. The summed E-state index contributed by atoms with van der Waals surface area (Å²) in [6.07, 6.45) is -4.73. The predicted molar refractivity (Wildman–Crippen MR) is 74.8 cm³/mol. The number of hydrogen-bond acceptors (Lipinski definition) is 2. The molecule has 1 aliphatic carbocycles. The first kappa shape index (κ1) is 15.3. The molecule has 0 spiro atoms. The fourth-order valence-corrected chi connectivity index (χ4v) is 2.65. The number of hydrogen-bond donors (Lipinski definition) is 1. The Labute approximate surface area is 133 Å². The van der Waals surface area contributed by atoms with E-state index in [4.69, 9.17) is 23.2 Å². The second-order valence-electron chi connectivity index (χ2n) is 5.05. The van der Waals surface area contributed by atoms with Crippen LogP contribution in [0.4, 0.5) is 23.7 Å². The Morgan fingerprint density at radius 1 is 1.32 bits per heavy atom. The molecule has 116 valence electrons. The molecule has 0 aromatic heterocycles. The van der Waals surface area contributed by atoms with Crippen molar-refractivity contribution >= 4 is 35.0 Å². The molecule has 1 atom stereocenters. The molecule has 1 aromatic carbocycles. The highest BCUT2D eigenvalue weighted by atomic mass is 35.5. The lowest BCUT2D eigenvalue weighted by atomic mass is 9.90. The van der Waals surface area contributed by atoms with Crippen LogP contribution >= 0.6 is 23.2 Å². The van der Waals surface area contributed by atoms with E-state index in [1.165, 1.54) is 6.07 Å². The number of fused-ring (bicyclic) bond motifs is 1. The van der Waals surface area contributed by atoms with Crippen molar-refractivity contribution in [1.29, 1.82) is 0 Å². The zero-order valence-corrected chi connectivity index (χ0v) is 12.4. The van der Waals surface area contributed by atoms with Gasteiger partial charge in [-0.3, -0.25) is 5.32 Å². The third-order valence-corrected chi connectivity index (χ3v) is 3.85. The summed E-state index contributed by atoms with van der Waals surface area (Å²) in [5.74, 6) is 4.51. The minimum atomic E-state index is -4.94. The second kappa shape index (κ2) is 4.97. The number of halogens is 5. The first-order valence-corrected chi connectivity index (χ1v) is 7.07. The highest BCUT2D eigenvalue weighted by Gasteiger charge is 2.62. The molecule has 22 heavy (non-hydrogen) atoms. The molecular weight excluding hydrogens is 342 g/mol. The summed E-state index contributed by atoms with van der Waals surface area (Å²) in [4.78, 5) is 11.6. The number of anilines is 1. The van der Waals surface area contributed by atoms with Crippen LogP contribution < -0.4 is 5.32 Å². The SMILES string of the molecule is O=C1Nc2c(Cl)cc(Cl)cc2[C@@](C#CC2CC2)(C(F)(F)F)O1. The standard InChI is InChI=1S/C14H8Cl2F3NO2/c15-8-5-9-11(10(16)6-8)20-12(21)22-13(9,14(17,18)19)4-3-7-1-2-7/h5-7H,1-2H2,(H,20,21)/t13-/m0/s1. The Morgan fingerprint density at radius 2 is 2.00 bits per heavy atom. The highest BCUT2D eigenvalue weighted by molar-refractivity contribution is 6.37. The number of carbonyl (C=O) groups is 1. The molecular formula is C14H8Cl2F3NO2. The minimum Gasteiger partial charge on any atom is -0.415 e. The van der Waals surface area contributed by atoms with Gasteiger partial charge < -0.3 is 4.74 Å². The van der Waals surface area contributed by atoms with Crippen molar-refractivity contribution in [3.05, 3.63) is 27.7 Å². The van der Waals surface area contributed by atoms with Gasteiger partial charge >= 0.3 is 12.3 Å². The number of nitrogens with one attached hydrogen (secondary N) is 1. The quantitative estimate of drug-likeness (QED) is 0.688. The summed E-state index contributed by atoms with van der Waals surface area (Å²) >= 11 is 11.7. The summed E-state index contributed by atoms with van der Waals surface area (Å²) in [5.41, 5.74) is -3.67. The fourth-order valence-electron chi connectivity index (χ4n) is 2.11. The smallest absolute Gasteiger partial charge is 0.415 e. The van der Waals surface area contributed by atoms with E-state index < -0.39 is 23.4 Å². The van der Waals surface area contributed by atoms with Crippen molar-refractivity contribution in [2.45, 2.75) is 24.6 Å². The predicted octanol–water partition coefficient (Wildman–Crippen LogP) is 4.73. The van der Waals surface area contributed by atoms with E-state index in [1.807, 2.05) is 0 Å². The lowest BCUT2D eigenvalue weighted by Gasteiger charge is -2.36. The minimum absolute atomic E-state index is 0.00894. The van der Waals surface area contributed by atoms with Gasteiger partial charge in [-0.1, -0.05) is 29.1 Å². The summed E-state index contributed by atoms with van der Waals surface area (Å²) in [6.45, 7) is 0. The van der Waals surface area contributed by atoms with Crippen LogP contribution in [-0.2, 0) is 10.3 Å². The molecule has 8 heteroatoms. The van der Waals surface area contributed by atoms with Gasteiger partial charge in [0.25, 0.3) is 5.60 Å². The van der Waals surface area contributed by atoms with Crippen LogP contribution in [0.1, 0.15) is 18.4 Å². The third-order valence-electron chi connectivity index (χ3n) is 3.34. The van der Waals surface area contributed by atoms with E-state index in [9.17, 15) is 18.0 Å². The van der Waals surface area contributed by atoms with Crippen molar-refractivity contribution in [2.24, 2.45) is 5.92 Å². The Bertz CT molecular complexity index is 719. The fraction of sp³-hybridized carbons (Fsp3) is 0.357. The molecule has 3 rings (SSSR count). The number of cyclic esters (lactones) is 1. The zero-order chi connectivity index (χ0) is 16.1. The summed E-state index contributed by atoms with van der Waals surface area (Å²) in [7, 11) is 0. The molecule has 1 saturated carbocycles. The summed E-state index contributed by atoms with van der Waals surface area (Å²) in [5, 5.41) is 2.05. The van der Waals surface area contributed by atoms with Crippen LogP contribution in [0.3, 0.4) is 0 Å². The molecule has 0 radical (unpaired) electrons. The molecule has 3 nitrogen and oxygen atoms in total. The van der Waals surface area contributed by atoms with Crippen LogP contribution in [0.2, 0.25) is 10.0 Å². The average molecular weight is 350 g/mol. The van der Waals surface area contributed by atoms with Crippen molar-refractivity contribution in [2.75, 3.05) is 5.32 Å². The molecule has 0 bridgehead atoms. The van der Waals surface area contributed by atoms with Gasteiger partial charge in [-0.25, -0.2) is 4.79 Å². The molecule has 1 fully saturated rings. The monoisotopic (exact) mass is 349 g/mol. The van der Waals surface area contributed by atoms with Crippen LogP contribution in [0.15, 0.2) is 12.1 Å². The number of rotatable bonds is 0. The van der Waals surface area contributed by atoms with Crippen molar-refractivity contribution in [1.82, 2.24) is 0 Å². The van der Waals surface area contributed by atoms with Crippen LogP contribution in [0.25, 0.3) is 0 Å². The van der Waals surface area contributed by atoms with Crippen LogP contribution in [0, 0.1) is 17.8 Å². The normalized spacial score (nSPS) is 23.8. The first-order chi connectivity index (χ1) is 10.2. The van der Waals surface area contributed by atoms with E-state index in [1.54, 1.807) is 0 Å². The molecule has 1 aromatic rings. The zero-order valence-electron chi connectivity index (χ0n) is 10.9. The van der Waals surface area contributed by atoms with Crippen molar-refractivity contribution in [3.63, 3.8) is 0 Å². The van der Waals surface area contributed by atoms with Crippen molar-refractivity contribution < 1.29 is 22.7 Å². The van der Waals surface area contributed by atoms with E-state index in [-0.39, 0.29) is 21.7 Å². The Morgan fingerprint density at radius 3 is 2.59 bits per heavy atom. The molecule has 1 N–H and O–H groups in total. The molecule has 2 aliphatic rings. The molecule has 0 unspecified atom stereocenters. The maximum Gasteiger partial charge on any atom is 0.445 e. The molecule has 1 amide bonds. The van der Waals surface area contributed by atoms with Crippen LogP contribution in [0.5, 0.6) is 0 Å². The topological polar surface area (TPSA) is 38.3 Å². The van der Waals surface area contributed by atoms with E-state index in [2.05, 4.69) is 21.9 Å². The lowest BCUT2D eigenvalue weighted by Crippen LogP contribution is -2.49. The first-order valence-electron chi connectivity index (χ1n) is 6.32. The molecule has 0 saturated heterocycles. The summed E-state index contributed by atoms with van der Waals surface area (Å²) < 4.78 is 45.7. The van der Waals surface area contributed by atoms with Gasteiger partial charge in [0.2, 0.25) is 0 Å². The van der Waals surface area contributed by atoms with Gasteiger partial charge in [-0.05, 0) is 30.9 Å². The lowest BCUT2D eigenvalue weighted by molar-refractivity contribution is -0.239. The van der Waals surface area contributed by atoms with E-state index >= 15 is 0 Å².